The lowest BCUT2D eigenvalue weighted by Crippen LogP contribution is -2.06. The van der Waals surface area contributed by atoms with Crippen LogP contribution >= 0.6 is 11.3 Å². The van der Waals surface area contributed by atoms with E-state index in [-0.39, 0.29) is 6.42 Å². The van der Waals surface area contributed by atoms with E-state index in [2.05, 4.69) is 4.98 Å². The van der Waals surface area contributed by atoms with E-state index >= 15 is 0 Å². The third-order valence-electron chi connectivity index (χ3n) is 3.45. The minimum atomic E-state index is -0.709. The largest absolute Gasteiger partial charge is 0.481 e. The summed E-state index contributed by atoms with van der Waals surface area (Å²) in [4.78, 5) is 16.3. The normalized spacial score (nSPS) is 17.2. The molecule has 0 amide bonds. The van der Waals surface area contributed by atoms with Crippen molar-refractivity contribution in [3.63, 3.8) is 0 Å². The van der Waals surface area contributed by atoms with E-state index in [0.29, 0.717) is 12.3 Å². The smallest absolute Gasteiger partial charge is 0.303 e. The van der Waals surface area contributed by atoms with Crippen LogP contribution in [0.1, 0.15) is 61.4 Å². The van der Waals surface area contributed by atoms with E-state index < -0.39 is 5.97 Å². The lowest BCUT2D eigenvalue weighted by atomic mass is 9.87. The zero-order valence-corrected chi connectivity index (χ0v) is 10.8. The molecule has 17 heavy (non-hydrogen) atoms. The zero-order chi connectivity index (χ0) is 12.1. The number of aryl methyl sites for hydroxylation is 1. The molecule has 1 aromatic heterocycles. The second kappa shape index (κ2) is 6.15. The van der Waals surface area contributed by atoms with Crippen LogP contribution in [-0.4, -0.2) is 16.1 Å². The Morgan fingerprint density at radius 1 is 1.41 bits per heavy atom. The van der Waals surface area contributed by atoms with Gasteiger partial charge in [0.15, 0.2) is 0 Å². The lowest BCUT2D eigenvalue weighted by Gasteiger charge is -2.21. The summed E-state index contributed by atoms with van der Waals surface area (Å²) in [6.07, 6.45) is 8.38. The van der Waals surface area contributed by atoms with Crippen molar-refractivity contribution >= 4 is 17.3 Å². The Balaban J connectivity index is 1.93. The highest BCUT2D eigenvalue weighted by molar-refractivity contribution is 7.09. The summed E-state index contributed by atoms with van der Waals surface area (Å²) in [5.74, 6) is -0.0180. The first-order chi connectivity index (χ1) is 8.27. The van der Waals surface area contributed by atoms with Gasteiger partial charge in [-0.05, 0) is 31.6 Å². The van der Waals surface area contributed by atoms with Gasteiger partial charge < -0.3 is 5.11 Å². The molecular formula is C13H19NO2S. The molecule has 0 unspecified atom stereocenters. The van der Waals surface area contributed by atoms with Gasteiger partial charge in [-0.2, -0.15) is 0 Å². The quantitative estimate of drug-likeness (QED) is 0.872. The van der Waals surface area contributed by atoms with Gasteiger partial charge in [0.25, 0.3) is 0 Å². The van der Waals surface area contributed by atoms with Crippen molar-refractivity contribution in [3.8, 4) is 0 Å². The lowest BCUT2D eigenvalue weighted by molar-refractivity contribution is -0.137. The first-order valence-electron chi connectivity index (χ1n) is 6.41. The SMILES string of the molecule is O=C(O)CCCc1ncsc1C1CCCCC1. The summed E-state index contributed by atoms with van der Waals surface area (Å²) in [6, 6.07) is 0. The van der Waals surface area contributed by atoms with Crippen LogP contribution in [0.25, 0.3) is 0 Å². The topological polar surface area (TPSA) is 50.2 Å². The molecule has 0 spiro atoms. The van der Waals surface area contributed by atoms with E-state index in [4.69, 9.17) is 5.11 Å². The van der Waals surface area contributed by atoms with Crippen molar-refractivity contribution in [2.75, 3.05) is 0 Å². The minimum absolute atomic E-state index is 0.252. The fourth-order valence-corrected chi connectivity index (χ4v) is 3.58. The first kappa shape index (κ1) is 12.6. The van der Waals surface area contributed by atoms with Gasteiger partial charge in [-0.1, -0.05) is 19.3 Å². The van der Waals surface area contributed by atoms with Gasteiger partial charge in [0.1, 0.15) is 0 Å². The van der Waals surface area contributed by atoms with E-state index in [0.717, 1.165) is 12.1 Å². The number of aromatic nitrogens is 1. The van der Waals surface area contributed by atoms with Crippen molar-refractivity contribution in [3.05, 3.63) is 16.1 Å². The highest BCUT2D eigenvalue weighted by Gasteiger charge is 2.20. The van der Waals surface area contributed by atoms with Crippen LogP contribution in [0.4, 0.5) is 0 Å². The number of aliphatic carboxylic acids is 1. The van der Waals surface area contributed by atoms with Crippen LogP contribution in [-0.2, 0) is 11.2 Å². The second-order valence-corrected chi connectivity index (χ2v) is 5.63. The molecule has 0 aliphatic heterocycles. The molecule has 0 aromatic carbocycles. The summed E-state index contributed by atoms with van der Waals surface area (Å²) in [6.45, 7) is 0. The molecule has 1 heterocycles. The molecule has 1 N–H and O–H groups in total. The highest BCUT2D eigenvalue weighted by Crippen LogP contribution is 2.36. The van der Waals surface area contributed by atoms with Crippen LogP contribution < -0.4 is 0 Å². The van der Waals surface area contributed by atoms with Crippen molar-refractivity contribution in [2.45, 2.75) is 57.3 Å². The van der Waals surface area contributed by atoms with Gasteiger partial charge in [0.05, 0.1) is 11.2 Å². The van der Waals surface area contributed by atoms with Crippen LogP contribution in [0.3, 0.4) is 0 Å². The van der Waals surface area contributed by atoms with E-state index in [9.17, 15) is 4.79 Å². The molecule has 1 aliphatic carbocycles. The van der Waals surface area contributed by atoms with Crippen molar-refractivity contribution in [1.82, 2.24) is 4.98 Å². The summed E-state index contributed by atoms with van der Waals surface area (Å²) in [5.41, 5.74) is 3.07. The Bertz CT molecular complexity index is 369. The van der Waals surface area contributed by atoms with Gasteiger partial charge in [-0.15, -0.1) is 11.3 Å². The molecule has 3 nitrogen and oxygen atoms in total. The molecule has 4 heteroatoms. The molecule has 1 fully saturated rings. The standard InChI is InChI=1S/C13H19NO2S/c15-12(16)8-4-7-11-13(17-9-14-11)10-5-2-1-3-6-10/h9-10H,1-8H2,(H,15,16). The molecule has 94 valence electrons. The van der Waals surface area contributed by atoms with E-state index in [1.807, 2.05) is 5.51 Å². The second-order valence-electron chi connectivity index (χ2n) is 4.75. The maximum Gasteiger partial charge on any atom is 0.303 e. The maximum atomic E-state index is 10.5. The summed E-state index contributed by atoms with van der Waals surface area (Å²) in [7, 11) is 0. The monoisotopic (exact) mass is 253 g/mol. The van der Waals surface area contributed by atoms with Crippen LogP contribution in [0.2, 0.25) is 0 Å². The fraction of sp³-hybridized carbons (Fsp3) is 0.692. The van der Waals surface area contributed by atoms with Crippen molar-refractivity contribution < 1.29 is 9.90 Å². The maximum absolute atomic E-state index is 10.5. The third-order valence-corrected chi connectivity index (χ3v) is 4.49. The van der Waals surface area contributed by atoms with Gasteiger partial charge in [-0.25, -0.2) is 4.98 Å². The number of hydrogen-bond acceptors (Lipinski definition) is 3. The average molecular weight is 253 g/mol. The number of carbonyl (C=O) groups is 1. The molecule has 2 rings (SSSR count). The number of thiazole rings is 1. The number of nitrogens with zero attached hydrogens (tertiary/aromatic N) is 1. The van der Waals surface area contributed by atoms with Crippen LogP contribution in [0, 0.1) is 0 Å². The van der Waals surface area contributed by atoms with Crippen molar-refractivity contribution in [2.24, 2.45) is 0 Å². The van der Waals surface area contributed by atoms with Crippen LogP contribution in [0.5, 0.6) is 0 Å². The fourth-order valence-electron chi connectivity index (χ4n) is 2.57. The molecular weight excluding hydrogens is 234 g/mol. The molecule has 1 saturated carbocycles. The Kier molecular flexibility index (Phi) is 4.54. The van der Waals surface area contributed by atoms with E-state index in [1.165, 1.54) is 37.0 Å². The van der Waals surface area contributed by atoms with Gasteiger partial charge in [-0.3, -0.25) is 4.79 Å². The Labute approximate surface area is 106 Å². The highest BCUT2D eigenvalue weighted by atomic mass is 32.1. The first-order valence-corrected chi connectivity index (χ1v) is 7.29. The van der Waals surface area contributed by atoms with Gasteiger partial charge in [0.2, 0.25) is 0 Å². The number of carboxylic acid groups (broad SMARTS) is 1. The average Bonchev–Trinajstić information content (AvgIpc) is 2.78. The van der Waals surface area contributed by atoms with Gasteiger partial charge >= 0.3 is 5.97 Å². The molecule has 1 aromatic rings. The Morgan fingerprint density at radius 2 is 2.18 bits per heavy atom. The Hall–Kier alpha value is -0.900. The molecule has 0 saturated heterocycles. The number of hydrogen-bond donors (Lipinski definition) is 1. The zero-order valence-electron chi connectivity index (χ0n) is 10.0. The van der Waals surface area contributed by atoms with Gasteiger partial charge in [0, 0.05) is 11.3 Å². The molecule has 1 aliphatic rings. The Morgan fingerprint density at radius 3 is 2.88 bits per heavy atom. The van der Waals surface area contributed by atoms with Crippen molar-refractivity contribution in [1.29, 1.82) is 0 Å². The number of rotatable bonds is 5. The predicted octanol–water partition coefficient (Wildman–Crippen LogP) is 3.60. The molecule has 0 bridgehead atoms. The van der Waals surface area contributed by atoms with Crippen LogP contribution in [0.15, 0.2) is 5.51 Å². The summed E-state index contributed by atoms with van der Waals surface area (Å²) < 4.78 is 0. The molecule has 0 radical (unpaired) electrons. The third kappa shape index (κ3) is 3.53. The van der Waals surface area contributed by atoms with E-state index in [1.54, 1.807) is 11.3 Å². The predicted molar refractivity (Wildman–Crippen MR) is 68.5 cm³/mol. The minimum Gasteiger partial charge on any atom is -0.481 e. The molecule has 0 atom stereocenters. The number of carboxylic acids is 1. The summed E-state index contributed by atoms with van der Waals surface area (Å²) in [5, 5.41) is 8.64. The summed E-state index contributed by atoms with van der Waals surface area (Å²) >= 11 is 1.76.